The van der Waals surface area contributed by atoms with Crippen LogP contribution in [0, 0.1) is 11.7 Å². The van der Waals surface area contributed by atoms with Gasteiger partial charge in [-0.15, -0.1) is 0 Å². The third kappa shape index (κ3) is 4.82. The Morgan fingerprint density at radius 2 is 1.94 bits per heavy atom. The van der Waals surface area contributed by atoms with Gasteiger partial charge in [-0.3, -0.25) is 14.4 Å². The molecule has 3 atom stereocenters. The number of anilines is 1. The zero-order chi connectivity index (χ0) is 24.4. The van der Waals surface area contributed by atoms with Crippen LogP contribution in [0.2, 0.25) is 0 Å². The first-order chi connectivity index (χ1) is 16.3. The maximum absolute atomic E-state index is 14.3. The molecule has 8 heteroatoms. The van der Waals surface area contributed by atoms with Crippen molar-refractivity contribution in [2.24, 2.45) is 5.92 Å². The van der Waals surface area contributed by atoms with Crippen LogP contribution in [0.5, 0.6) is 0 Å². The van der Waals surface area contributed by atoms with Gasteiger partial charge in [0.25, 0.3) is 5.91 Å². The Morgan fingerprint density at radius 3 is 2.65 bits per heavy atom. The zero-order valence-corrected chi connectivity index (χ0v) is 19.7. The number of carbonyl (C=O) groups is 3. The minimum atomic E-state index is -0.686. The zero-order valence-electron chi connectivity index (χ0n) is 19.7. The molecule has 0 saturated carbocycles. The van der Waals surface area contributed by atoms with Gasteiger partial charge in [0, 0.05) is 18.2 Å². The number of carbonyl (C=O) groups excluding carboxylic acids is 3. The molecule has 0 bridgehead atoms. The Kier molecular flexibility index (Phi) is 6.97. The summed E-state index contributed by atoms with van der Waals surface area (Å²) in [5.74, 6) is -0.651. The maximum Gasteiger partial charge on any atom is 0.256 e. The van der Waals surface area contributed by atoms with Gasteiger partial charge in [0.2, 0.25) is 11.8 Å². The molecule has 2 aliphatic rings. The van der Waals surface area contributed by atoms with Crippen LogP contribution in [-0.4, -0.2) is 54.3 Å². The van der Waals surface area contributed by atoms with Crippen molar-refractivity contribution in [2.75, 3.05) is 18.9 Å². The van der Waals surface area contributed by atoms with Gasteiger partial charge in [0.15, 0.2) is 0 Å². The van der Waals surface area contributed by atoms with Gasteiger partial charge in [0.1, 0.15) is 11.9 Å². The van der Waals surface area contributed by atoms with Crippen LogP contribution in [0.25, 0.3) is 11.1 Å². The van der Waals surface area contributed by atoms with Gasteiger partial charge in [-0.05, 0) is 56.0 Å². The Labute approximate surface area is 199 Å². The highest BCUT2D eigenvalue weighted by Gasteiger charge is 2.40. The summed E-state index contributed by atoms with van der Waals surface area (Å²) in [5.41, 5.74) is 1.72. The molecule has 0 radical (unpaired) electrons. The average Bonchev–Trinajstić information content (AvgIpc) is 2.91. The Morgan fingerprint density at radius 1 is 1.18 bits per heavy atom. The number of likely N-dealkylation sites (N-methyl/N-ethyl adjacent to an activating group) is 1. The lowest BCUT2D eigenvalue weighted by Crippen LogP contribution is -2.56. The fourth-order valence-electron chi connectivity index (χ4n) is 4.78. The Balaban J connectivity index is 1.53. The summed E-state index contributed by atoms with van der Waals surface area (Å²) in [6.07, 6.45) is 1.61. The van der Waals surface area contributed by atoms with E-state index >= 15 is 0 Å². The molecule has 3 amide bonds. The number of rotatable bonds is 6. The number of amides is 3. The summed E-state index contributed by atoms with van der Waals surface area (Å²) < 4.78 is 14.3. The average molecular weight is 467 g/mol. The second-order valence-electron chi connectivity index (χ2n) is 9.44. The molecule has 34 heavy (non-hydrogen) atoms. The van der Waals surface area contributed by atoms with Crippen molar-refractivity contribution in [3.63, 3.8) is 0 Å². The van der Waals surface area contributed by atoms with Crippen LogP contribution in [-0.2, 0) is 9.59 Å². The molecule has 0 aliphatic carbocycles. The quantitative estimate of drug-likeness (QED) is 0.610. The monoisotopic (exact) mass is 466 g/mol. The molecular formula is C26H31FN4O3. The van der Waals surface area contributed by atoms with Crippen molar-refractivity contribution < 1.29 is 18.8 Å². The summed E-state index contributed by atoms with van der Waals surface area (Å²) in [4.78, 5) is 40.8. The number of benzene rings is 2. The van der Waals surface area contributed by atoms with E-state index in [-0.39, 0.29) is 35.6 Å². The summed E-state index contributed by atoms with van der Waals surface area (Å²) in [6.45, 7) is 4.47. The summed E-state index contributed by atoms with van der Waals surface area (Å²) in [7, 11) is 1.76. The molecule has 1 fully saturated rings. The number of piperidine rings is 1. The molecular weight excluding hydrogens is 435 g/mol. The van der Waals surface area contributed by atoms with Crippen LogP contribution < -0.4 is 16.0 Å². The lowest BCUT2D eigenvalue weighted by Gasteiger charge is -2.37. The van der Waals surface area contributed by atoms with Crippen molar-refractivity contribution in [1.82, 2.24) is 15.5 Å². The summed E-state index contributed by atoms with van der Waals surface area (Å²) in [5, 5.41) is 8.98. The lowest BCUT2D eigenvalue weighted by molar-refractivity contribution is -0.126. The van der Waals surface area contributed by atoms with Crippen LogP contribution >= 0.6 is 0 Å². The van der Waals surface area contributed by atoms with Crippen LogP contribution in [0.3, 0.4) is 0 Å². The molecule has 0 aromatic heterocycles. The normalized spacial score (nSPS) is 20.8. The summed E-state index contributed by atoms with van der Waals surface area (Å²) in [6, 6.07) is 10.2. The van der Waals surface area contributed by atoms with Gasteiger partial charge in [-0.2, -0.15) is 0 Å². The lowest BCUT2D eigenvalue weighted by atomic mass is 9.95. The van der Waals surface area contributed by atoms with E-state index < -0.39 is 6.04 Å². The first-order valence-corrected chi connectivity index (χ1v) is 11.8. The number of hydrogen-bond acceptors (Lipinski definition) is 4. The highest BCUT2D eigenvalue weighted by molar-refractivity contribution is 6.10. The predicted octanol–water partition coefficient (Wildman–Crippen LogP) is 3.17. The number of nitrogens with zero attached hydrogens (tertiary/aromatic N) is 1. The molecule has 1 saturated heterocycles. The van der Waals surface area contributed by atoms with Crippen molar-refractivity contribution in [3.05, 3.63) is 53.8 Å². The SMILES string of the molecule is CNC(CC(C)C)C(=O)NC1CCN2C(=O)c3cc(-c4ccccc4F)ccc3NC(=O)C2C1. The van der Waals surface area contributed by atoms with Gasteiger partial charge < -0.3 is 20.9 Å². The first-order valence-electron chi connectivity index (χ1n) is 11.8. The second kappa shape index (κ2) is 9.93. The van der Waals surface area contributed by atoms with Gasteiger partial charge >= 0.3 is 0 Å². The molecule has 2 aliphatic heterocycles. The highest BCUT2D eigenvalue weighted by atomic mass is 19.1. The van der Waals surface area contributed by atoms with Crippen LogP contribution in [0.15, 0.2) is 42.5 Å². The van der Waals surface area contributed by atoms with Crippen molar-refractivity contribution in [2.45, 2.75) is 51.2 Å². The van der Waals surface area contributed by atoms with E-state index in [4.69, 9.17) is 0 Å². The molecule has 2 aromatic carbocycles. The van der Waals surface area contributed by atoms with Gasteiger partial charge in [0.05, 0.1) is 17.3 Å². The van der Waals surface area contributed by atoms with Gasteiger partial charge in [-0.25, -0.2) is 4.39 Å². The van der Waals surface area contributed by atoms with E-state index in [1.807, 2.05) is 0 Å². The highest BCUT2D eigenvalue weighted by Crippen LogP contribution is 2.32. The van der Waals surface area contributed by atoms with E-state index in [1.165, 1.54) is 6.07 Å². The van der Waals surface area contributed by atoms with Crippen molar-refractivity contribution >= 4 is 23.4 Å². The van der Waals surface area contributed by atoms with Gasteiger partial charge in [-0.1, -0.05) is 38.1 Å². The summed E-state index contributed by atoms with van der Waals surface area (Å²) >= 11 is 0. The van der Waals surface area contributed by atoms with E-state index in [9.17, 15) is 18.8 Å². The smallest absolute Gasteiger partial charge is 0.256 e. The van der Waals surface area contributed by atoms with E-state index in [2.05, 4.69) is 29.8 Å². The van der Waals surface area contributed by atoms with E-state index in [1.54, 1.807) is 48.3 Å². The minimum absolute atomic E-state index is 0.0900. The largest absolute Gasteiger partial charge is 0.352 e. The van der Waals surface area contributed by atoms with E-state index in [0.29, 0.717) is 54.1 Å². The third-order valence-corrected chi connectivity index (χ3v) is 6.58. The standard InChI is InChI=1S/C26H31FN4O3/c1-15(2)12-22(28-3)24(32)29-17-10-11-31-23(14-17)25(33)30-21-9-8-16(13-19(21)26(31)34)18-6-4-5-7-20(18)27/h4-9,13,15,17,22-23,28H,10-12,14H2,1-3H3,(H,29,32)(H,30,33). The molecule has 2 heterocycles. The molecule has 7 nitrogen and oxygen atoms in total. The second-order valence-corrected chi connectivity index (χ2v) is 9.44. The van der Waals surface area contributed by atoms with Crippen molar-refractivity contribution in [1.29, 1.82) is 0 Å². The first kappa shape index (κ1) is 23.9. The molecule has 0 spiro atoms. The number of halogens is 1. The van der Waals surface area contributed by atoms with Crippen LogP contribution in [0.4, 0.5) is 10.1 Å². The third-order valence-electron chi connectivity index (χ3n) is 6.58. The number of hydrogen-bond donors (Lipinski definition) is 3. The molecule has 2 aromatic rings. The number of nitrogens with one attached hydrogen (secondary N) is 3. The fourth-order valence-corrected chi connectivity index (χ4v) is 4.78. The van der Waals surface area contributed by atoms with Crippen LogP contribution in [0.1, 0.15) is 43.5 Å². The topological polar surface area (TPSA) is 90.5 Å². The number of fused-ring (bicyclic) bond motifs is 2. The molecule has 180 valence electrons. The molecule has 3 N–H and O–H groups in total. The molecule has 4 rings (SSSR count). The molecule has 3 unspecified atom stereocenters. The van der Waals surface area contributed by atoms with Crippen molar-refractivity contribution in [3.8, 4) is 11.1 Å². The predicted molar refractivity (Wildman–Crippen MR) is 129 cm³/mol. The maximum atomic E-state index is 14.3. The minimum Gasteiger partial charge on any atom is -0.352 e. The fraction of sp³-hybridized carbons (Fsp3) is 0.423. The Hall–Kier alpha value is -3.26. The van der Waals surface area contributed by atoms with E-state index in [0.717, 1.165) is 0 Å². The Bertz CT molecular complexity index is 1100.